The van der Waals surface area contributed by atoms with E-state index in [0.717, 1.165) is 0 Å². The van der Waals surface area contributed by atoms with Crippen molar-refractivity contribution >= 4 is 5.97 Å². The van der Waals surface area contributed by atoms with Gasteiger partial charge >= 0.3 is 5.97 Å². The average molecular weight is 199 g/mol. The lowest BCUT2D eigenvalue weighted by atomic mass is 10.0. The maximum Gasteiger partial charge on any atom is 0.325 e. The predicted octanol–water partition coefficient (Wildman–Crippen LogP) is 0.924. The molecule has 0 saturated carbocycles. The topological polar surface area (TPSA) is 83.5 Å². The van der Waals surface area contributed by atoms with Crippen LogP contribution in [0.3, 0.4) is 0 Å². The number of aliphatic carboxylic acids is 1. The van der Waals surface area contributed by atoms with Crippen molar-refractivity contribution in [3.63, 3.8) is 0 Å². The van der Waals surface area contributed by atoms with Gasteiger partial charge in [-0.15, -0.1) is 0 Å². The first kappa shape index (κ1) is 10.5. The molecule has 0 aromatic heterocycles. The van der Waals surface area contributed by atoms with Gasteiger partial charge in [-0.25, -0.2) is 4.39 Å². The van der Waals surface area contributed by atoms with E-state index in [-0.39, 0.29) is 5.56 Å². The zero-order valence-corrected chi connectivity index (χ0v) is 7.49. The molecule has 1 rings (SSSR count). The summed E-state index contributed by atoms with van der Waals surface area (Å²) in [7, 11) is 0. The van der Waals surface area contributed by atoms with Crippen molar-refractivity contribution in [2.75, 3.05) is 0 Å². The summed E-state index contributed by atoms with van der Waals surface area (Å²) in [4.78, 5) is 10.5. The maximum atomic E-state index is 13.2. The smallest absolute Gasteiger partial charge is 0.325 e. The summed E-state index contributed by atoms with van der Waals surface area (Å²) in [6.07, 6.45) is 0. The number of aryl methyl sites for hydroxylation is 1. The summed E-state index contributed by atoms with van der Waals surface area (Å²) in [6.45, 7) is 1.61. The van der Waals surface area contributed by atoms with Gasteiger partial charge in [0.1, 0.15) is 6.04 Å². The molecule has 1 unspecified atom stereocenters. The minimum atomic E-state index is -1.46. The molecule has 0 fully saturated rings. The first-order valence-corrected chi connectivity index (χ1v) is 3.91. The second kappa shape index (κ2) is 3.63. The summed E-state index contributed by atoms with van der Waals surface area (Å²) < 4.78 is 13.2. The summed E-state index contributed by atoms with van der Waals surface area (Å²) in [5, 5.41) is 17.7. The number of hydrogen-bond acceptors (Lipinski definition) is 3. The average Bonchev–Trinajstić information content (AvgIpc) is 2.09. The number of aromatic hydroxyl groups is 1. The molecule has 76 valence electrons. The third-order valence-corrected chi connectivity index (χ3v) is 1.83. The van der Waals surface area contributed by atoms with Gasteiger partial charge in [-0.1, -0.05) is 6.07 Å². The third kappa shape index (κ3) is 1.82. The van der Waals surface area contributed by atoms with Gasteiger partial charge in [-0.05, 0) is 18.6 Å². The molecule has 4 N–H and O–H groups in total. The first-order chi connectivity index (χ1) is 6.43. The standard InChI is InChI=1S/C9H10FNO3/c1-4-2-5(8(11)9(13)14)7(10)6(12)3-4/h2-3,8,12H,11H2,1H3,(H,13,14). The van der Waals surface area contributed by atoms with Crippen LogP contribution in [0.15, 0.2) is 12.1 Å². The molecular weight excluding hydrogens is 189 g/mol. The Labute approximate surface area is 79.8 Å². The highest BCUT2D eigenvalue weighted by Gasteiger charge is 2.20. The van der Waals surface area contributed by atoms with Crippen LogP contribution >= 0.6 is 0 Å². The van der Waals surface area contributed by atoms with E-state index in [0.29, 0.717) is 5.56 Å². The van der Waals surface area contributed by atoms with Crippen molar-refractivity contribution < 1.29 is 19.4 Å². The first-order valence-electron chi connectivity index (χ1n) is 3.91. The van der Waals surface area contributed by atoms with E-state index < -0.39 is 23.6 Å². The quantitative estimate of drug-likeness (QED) is 0.661. The van der Waals surface area contributed by atoms with Crippen molar-refractivity contribution in [1.29, 1.82) is 0 Å². The van der Waals surface area contributed by atoms with Crippen LogP contribution in [0, 0.1) is 12.7 Å². The highest BCUT2D eigenvalue weighted by atomic mass is 19.1. The number of carboxylic acid groups (broad SMARTS) is 1. The van der Waals surface area contributed by atoms with E-state index in [1.54, 1.807) is 6.92 Å². The van der Waals surface area contributed by atoms with E-state index in [2.05, 4.69) is 0 Å². The number of phenols is 1. The number of phenolic OH excluding ortho intramolecular Hbond substituents is 1. The van der Waals surface area contributed by atoms with Crippen molar-refractivity contribution in [2.45, 2.75) is 13.0 Å². The summed E-state index contributed by atoms with van der Waals surface area (Å²) in [5.41, 5.74) is 5.56. The number of benzene rings is 1. The van der Waals surface area contributed by atoms with Crippen LogP contribution in [-0.2, 0) is 4.79 Å². The van der Waals surface area contributed by atoms with Gasteiger partial charge in [0.2, 0.25) is 0 Å². The molecule has 1 aromatic rings. The highest BCUT2D eigenvalue weighted by molar-refractivity contribution is 5.75. The summed E-state index contributed by atoms with van der Waals surface area (Å²) in [5.74, 6) is -2.91. The molecular formula is C9H10FNO3. The molecule has 0 amide bonds. The molecule has 0 spiro atoms. The van der Waals surface area contributed by atoms with Crippen LogP contribution in [0.25, 0.3) is 0 Å². The van der Waals surface area contributed by atoms with Gasteiger partial charge in [0.15, 0.2) is 11.6 Å². The minimum Gasteiger partial charge on any atom is -0.505 e. The van der Waals surface area contributed by atoms with Crippen molar-refractivity contribution in [2.24, 2.45) is 5.73 Å². The van der Waals surface area contributed by atoms with Crippen molar-refractivity contribution in [1.82, 2.24) is 0 Å². The van der Waals surface area contributed by atoms with Gasteiger partial charge < -0.3 is 15.9 Å². The molecule has 1 atom stereocenters. The fraction of sp³-hybridized carbons (Fsp3) is 0.222. The normalized spacial score (nSPS) is 12.5. The number of halogens is 1. The predicted molar refractivity (Wildman–Crippen MR) is 47.4 cm³/mol. The lowest BCUT2D eigenvalue weighted by Crippen LogP contribution is -2.22. The zero-order chi connectivity index (χ0) is 10.9. The van der Waals surface area contributed by atoms with E-state index in [4.69, 9.17) is 15.9 Å². The Bertz CT molecular complexity index is 379. The van der Waals surface area contributed by atoms with Crippen LogP contribution in [0.1, 0.15) is 17.2 Å². The van der Waals surface area contributed by atoms with E-state index in [9.17, 15) is 9.18 Å². The minimum absolute atomic E-state index is 0.213. The van der Waals surface area contributed by atoms with Crippen LogP contribution in [-0.4, -0.2) is 16.2 Å². The molecule has 0 heterocycles. The molecule has 0 aliphatic heterocycles. The Morgan fingerprint density at radius 3 is 2.64 bits per heavy atom. The zero-order valence-electron chi connectivity index (χ0n) is 7.49. The Kier molecular flexibility index (Phi) is 2.71. The molecule has 14 heavy (non-hydrogen) atoms. The van der Waals surface area contributed by atoms with E-state index in [1.165, 1.54) is 12.1 Å². The van der Waals surface area contributed by atoms with E-state index in [1.807, 2.05) is 0 Å². The van der Waals surface area contributed by atoms with Crippen LogP contribution < -0.4 is 5.73 Å². The fourth-order valence-electron chi connectivity index (χ4n) is 1.14. The molecule has 0 aliphatic carbocycles. The Morgan fingerprint density at radius 1 is 1.57 bits per heavy atom. The largest absolute Gasteiger partial charge is 0.505 e. The molecule has 0 aliphatic rings. The van der Waals surface area contributed by atoms with Crippen LogP contribution in [0.4, 0.5) is 4.39 Å². The van der Waals surface area contributed by atoms with Gasteiger partial charge in [0.05, 0.1) is 0 Å². The van der Waals surface area contributed by atoms with Crippen LogP contribution in [0.2, 0.25) is 0 Å². The maximum absolute atomic E-state index is 13.2. The third-order valence-electron chi connectivity index (χ3n) is 1.83. The summed E-state index contributed by atoms with van der Waals surface area (Å²) in [6, 6.07) is 1.04. The fourth-order valence-corrected chi connectivity index (χ4v) is 1.14. The second-order valence-electron chi connectivity index (χ2n) is 3.00. The molecule has 0 saturated heterocycles. The number of hydrogen-bond donors (Lipinski definition) is 3. The van der Waals surface area contributed by atoms with Crippen molar-refractivity contribution in [3.8, 4) is 5.75 Å². The van der Waals surface area contributed by atoms with Gasteiger partial charge in [0, 0.05) is 5.56 Å². The van der Waals surface area contributed by atoms with Gasteiger partial charge in [0.25, 0.3) is 0 Å². The lowest BCUT2D eigenvalue weighted by molar-refractivity contribution is -0.138. The molecule has 0 radical (unpaired) electrons. The van der Waals surface area contributed by atoms with Gasteiger partial charge in [-0.2, -0.15) is 0 Å². The highest BCUT2D eigenvalue weighted by Crippen LogP contribution is 2.25. The number of rotatable bonds is 2. The van der Waals surface area contributed by atoms with Crippen molar-refractivity contribution in [3.05, 3.63) is 29.1 Å². The monoisotopic (exact) mass is 199 g/mol. The lowest BCUT2D eigenvalue weighted by Gasteiger charge is -2.10. The Morgan fingerprint density at radius 2 is 2.14 bits per heavy atom. The number of carbonyl (C=O) groups is 1. The molecule has 1 aromatic carbocycles. The SMILES string of the molecule is Cc1cc(O)c(F)c(C(N)C(=O)O)c1. The van der Waals surface area contributed by atoms with Crippen LogP contribution in [0.5, 0.6) is 5.75 Å². The Hall–Kier alpha value is -1.62. The van der Waals surface area contributed by atoms with Gasteiger partial charge in [-0.3, -0.25) is 4.79 Å². The van der Waals surface area contributed by atoms with E-state index >= 15 is 0 Å². The number of carboxylic acids is 1. The molecule has 5 heteroatoms. The Balaban J connectivity index is 3.26. The molecule has 0 bridgehead atoms. The second-order valence-corrected chi connectivity index (χ2v) is 3.00. The molecule has 4 nitrogen and oxygen atoms in total. The number of nitrogens with two attached hydrogens (primary N) is 1. The summed E-state index contributed by atoms with van der Waals surface area (Å²) >= 11 is 0.